The monoisotopic (exact) mass is 292 g/mol. The van der Waals surface area contributed by atoms with Crippen molar-refractivity contribution in [3.63, 3.8) is 0 Å². The molecular formula is C14H17ClN4O. The third-order valence-electron chi connectivity index (χ3n) is 3.53. The highest BCUT2D eigenvalue weighted by molar-refractivity contribution is 6.33. The van der Waals surface area contributed by atoms with Gasteiger partial charge in [-0.1, -0.05) is 23.7 Å². The van der Waals surface area contributed by atoms with Crippen LogP contribution < -0.4 is 0 Å². The Labute approximate surface area is 123 Å². The fourth-order valence-electron chi connectivity index (χ4n) is 2.26. The van der Waals surface area contributed by atoms with Crippen LogP contribution in [0.3, 0.4) is 0 Å². The van der Waals surface area contributed by atoms with Gasteiger partial charge in [-0.15, -0.1) is 10.2 Å². The lowest BCUT2D eigenvalue weighted by molar-refractivity contribution is 0.138. The van der Waals surface area contributed by atoms with E-state index in [4.69, 9.17) is 16.0 Å². The van der Waals surface area contributed by atoms with Crippen LogP contribution in [0.5, 0.6) is 0 Å². The molecule has 0 saturated carbocycles. The van der Waals surface area contributed by atoms with Crippen LogP contribution >= 0.6 is 11.6 Å². The minimum Gasteiger partial charge on any atom is -0.419 e. The Balaban J connectivity index is 1.70. The topological polar surface area (TPSA) is 45.4 Å². The van der Waals surface area contributed by atoms with Gasteiger partial charge >= 0.3 is 0 Å². The zero-order valence-electron chi connectivity index (χ0n) is 11.4. The third-order valence-corrected chi connectivity index (χ3v) is 3.86. The summed E-state index contributed by atoms with van der Waals surface area (Å²) in [6.07, 6.45) is 0. The van der Waals surface area contributed by atoms with Gasteiger partial charge in [0, 0.05) is 26.2 Å². The van der Waals surface area contributed by atoms with E-state index in [2.05, 4.69) is 27.0 Å². The second-order valence-corrected chi connectivity index (χ2v) is 5.47. The summed E-state index contributed by atoms with van der Waals surface area (Å²) in [6, 6.07) is 7.50. The number of halogens is 1. The van der Waals surface area contributed by atoms with Crippen LogP contribution in [0.25, 0.3) is 11.5 Å². The smallest absolute Gasteiger partial charge is 0.249 e. The van der Waals surface area contributed by atoms with Gasteiger partial charge in [0.15, 0.2) is 0 Å². The van der Waals surface area contributed by atoms with E-state index in [0.717, 1.165) is 31.7 Å². The summed E-state index contributed by atoms with van der Waals surface area (Å²) >= 11 is 6.13. The van der Waals surface area contributed by atoms with E-state index in [1.165, 1.54) is 0 Å². The molecule has 1 saturated heterocycles. The molecular weight excluding hydrogens is 276 g/mol. The van der Waals surface area contributed by atoms with E-state index in [1.807, 2.05) is 24.3 Å². The Morgan fingerprint density at radius 2 is 1.90 bits per heavy atom. The average molecular weight is 293 g/mol. The first-order valence-electron chi connectivity index (χ1n) is 6.70. The normalized spacial score (nSPS) is 17.5. The minimum absolute atomic E-state index is 0.486. The maximum absolute atomic E-state index is 6.13. The van der Waals surface area contributed by atoms with Gasteiger partial charge in [-0.2, -0.15) is 0 Å². The Morgan fingerprint density at radius 1 is 1.15 bits per heavy atom. The van der Waals surface area contributed by atoms with E-state index in [9.17, 15) is 0 Å². The van der Waals surface area contributed by atoms with Crippen LogP contribution in [0.1, 0.15) is 5.89 Å². The molecule has 1 aliphatic heterocycles. The molecule has 0 bridgehead atoms. The number of hydrogen-bond donors (Lipinski definition) is 0. The van der Waals surface area contributed by atoms with Crippen LogP contribution in [0, 0.1) is 0 Å². The molecule has 0 N–H and O–H groups in total. The van der Waals surface area contributed by atoms with Crippen molar-refractivity contribution in [1.82, 2.24) is 20.0 Å². The minimum atomic E-state index is 0.486. The van der Waals surface area contributed by atoms with Crippen molar-refractivity contribution >= 4 is 11.6 Å². The summed E-state index contributed by atoms with van der Waals surface area (Å²) in [5, 5.41) is 8.83. The number of benzene rings is 1. The van der Waals surface area contributed by atoms with Crippen molar-refractivity contribution in [1.29, 1.82) is 0 Å². The molecule has 20 heavy (non-hydrogen) atoms. The van der Waals surface area contributed by atoms with Crippen LogP contribution in [0.4, 0.5) is 0 Å². The lowest BCUT2D eigenvalue weighted by Crippen LogP contribution is -2.43. The highest BCUT2D eigenvalue weighted by atomic mass is 35.5. The molecule has 1 aromatic carbocycles. The summed E-state index contributed by atoms with van der Waals surface area (Å²) < 4.78 is 5.72. The van der Waals surface area contributed by atoms with Crippen molar-refractivity contribution in [3.8, 4) is 11.5 Å². The van der Waals surface area contributed by atoms with Gasteiger partial charge < -0.3 is 9.32 Å². The first-order valence-corrected chi connectivity index (χ1v) is 7.08. The highest BCUT2D eigenvalue weighted by Crippen LogP contribution is 2.26. The quantitative estimate of drug-likeness (QED) is 0.867. The molecule has 0 aliphatic carbocycles. The Bertz CT molecular complexity index is 578. The predicted octanol–water partition coefficient (Wildman–Crippen LogP) is 2.14. The molecule has 1 aromatic heterocycles. The number of piperazine rings is 1. The number of hydrogen-bond acceptors (Lipinski definition) is 5. The van der Waals surface area contributed by atoms with Crippen molar-refractivity contribution in [2.45, 2.75) is 6.54 Å². The van der Waals surface area contributed by atoms with Gasteiger partial charge in [-0.3, -0.25) is 4.90 Å². The number of nitrogens with zero attached hydrogens (tertiary/aromatic N) is 4. The lowest BCUT2D eigenvalue weighted by atomic mass is 10.2. The Kier molecular flexibility index (Phi) is 4.00. The molecule has 2 aromatic rings. The zero-order chi connectivity index (χ0) is 13.9. The SMILES string of the molecule is CN1CCN(Cc2nnc(-c3ccccc3Cl)o2)CC1. The molecule has 0 spiro atoms. The molecule has 5 nitrogen and oxygen atoms in total. The largest absolute Gasteiger partial charge is 0.419 e. The van der Waals surface area contributed by atoms with Gasteiger partial charge in [0.25, 0.3) is 0 Å². The number of aromatic nitrogens is 2. The van der Waals surface area contributed by atoms with Crippen molar-refractivity contribution in [2.75, 3.05) is 33.2 Å². The van der Waals surface area contributed by atoms with E-state index < -0.39 is 0 Å². The molecule has 1 fully saturated rings. The number of likely N-dealkylation sites (N-methyl/N-ethyl adjacent to an activating group) is 1. The molecule has 2 heterocycles. The zero-order valence-corrected chi connectivity index (χ0v) is 12.2. The van der Waals surface area contributed by atoms with Crippen molar-refractivity contribution in [2.24, 2.45) is 0 Å². The second-order valence-electron chi connectivity index (χ2n) is 5.06. The van der Waals surface area contributed by atoms with Gasteiger partial charge in [0.1, 0.15) is 0 Å². The summed E-state index contributed by atoms with van der Waals surface area (Å²) in [5.41, 5.74) is 0.784. The third kappa shape index (κ3) is 3.00. The maximum atomic E-state index is 6.13. The molecule has 1 aliphatic rings. The first kappa shape index (κ1) is 13.5. The predicted molar refractivity (Wildman–Crippen MR) is 77.5 cm³/mol. The van der Waals surface area contributed by atoms with Crippen molar-refractivity contribution < 1.29 is 4.42 Å². The summed E-state index contributed by atoms with van der Waals surface area (Å²) in [6.45, 7) is 4.91. The Hall–Kier alpha value is -1.43. The molecule has 3 rings (SSSR count). The molecule has 106 valence electrons. The molecule has 0 atom stereocenters. The second kappa shape index (κ2) is 5.91. The lowest BCUT2D eigenvalue weighted by Gasteiger charge is -2.31. The average Bonchev–Trinajstić information content (AvgIpc) is 2.90. The van der Waals surface area contributed by atoms with E-state index >= 15 is 0 Å². The van der Waals surface area contributed by atoms with Crippen LogP contribution in [-0.4, -0.2) is 53.2 Å². The van der Waals surface area contributed by atoms with E-state index in [-0.39, 0.29) is 0 Å². The Morgan fingerprint density at radius 3 is 2.65 bits per heavy atom. The van der Waals surface area contributed by atoms with Crippen LogP contribution in [0.2, 0.25) is 5.02 Å². The van der Waals surface area contributed by atoms with Gasteiger partial charge in [-0.25, -0.2) is 0 Å². The summed E-state index contributed by atoms with van der Waals surface area (Å²) in [7, 11) is 2.14. The molecule has 0 amide bonds. The highest BCUT2D eigenvalue weighted by Gasteiger charge is 2.17. The number of rotatable bonds is 3. The fourth-order valence-corrected chi connectivity index (χ4v) is 2.47. The van der Waals surface area contributed by atoms with Crippen LogP contribution in [0.15, 0.2) is 28.7 Å². The fraction of sp³-hybridized carbons (Fsp3) is 0.429. The summed E-state index contributed by atoms with van der Waals surface area (Å²) in [4.78, 5) is 4.64. The van der Waals surface area contributed by atoms with Crippen molar-refractivity contribution in [3.05, 3.63) is 35.2 Å². The first-order chi connectivity index (χ1) is 9.72. The van der Waals surface area contributed by atoms with Crippen LogP contribution in [-0.2, 0) is 6.54 Å². The molecule has 6 heteroatoms. The van der Waals surface area contributed by atoms with Gasteiger partial charge in [0.2, 0.25) is 11.8 Å². The summed E-state index contributed by atoms with van der Waals surface area (Å²) in [5.74, 6) is 1.13. The molecule has 0 unspecified atom stereocenters. The molecule has 0 radical (unpaired) electrons. The van der Waals surface area contributed by atoms with Gasteiger partial charge in [-0.05, 0) is 19.2 Å². The standard InChI is InChI=1S/C14H17ClN4O/c1-18-6-8-19(9-7-18)10-13-16-17-14(20-13)11-4-2-3-5-12(11)15/h2-5H,6-10H2,1H3. The van der Waals surface area contributed by atoms with E-state index in [1.54, 1.807) is 0 Å². The maximum Gasteiger partial charge on any atom is 0.249 e. The van der Waals surface area contributed by atoms with E-state index in [0.29, 0.717) is 23.3 Å². The van der Waals surface area contributed by atoms with Gasteiger partial charge in [0.05, 0.1) is 17.1 Å².